The summed E-state index contributed by atoms with van der Waals surface area (Å²) in [5, 5.41) is 11.4. The average molecular weight is 251 g/mol. The molecule has 0 fully saturated rings. The molecule has 0 radical (unpaired) electrons. The van der Waals surface area contributed by atoms with Crippen LogP contribution in [0.1, 0.15) is 37.3 Å². The average Bonchev–Trinajstić information content (AvgIpc) is 2.36. The molecule has 0 spiro atoms. The molecule has 2 N–H and O–H groups in total. The van der Waals surface area contributed by atoms with Gasteiger partial charge < -0.3 is 15.2 Å². The minimum absolute atomic E-state index is 0.119. The van der Waals surface area contributed by atoms with Crippen molar-refractivity contribution in [2.24, 2.45) is 0 Å². The number of carbonyl (C=O) groups excluding carboxylic acids is 1. The van der Waals surface area contributed by atoms with E-state index in [2.05, 4.69) is 19.2 Å². The van der Waals surface area contributed by atoms with Gasteiger partial charge in [0.1, 0.15) is 5.75 Å². The number of carbonyl (C=O) groups is 1. The van der Waals surface area contributed by atoms with Gasteiger partial charge in [-0.3, -0.25) is 4.79 Å². The van der Waals surface area contributed by atoms with Crippen molar-refractivity contribution in [1.29, 1.82) is 0 Å². The Morgan fingerprint density at radius 2 is 2.17 bits per heavy atom. The van der Waals surface area contributed by atoms with Gasteiger partial charge in [-0.15, -0.1) is 0 Å². The molecule has 0 aliphatic rings. The van der Waals surface area contributed by atoms with Gasteiger partial charge in [0.15, 0.2) is 0 Å². The SMILES string of the molecule is COc1ccc(CNC(=O)CCO)cc1C(C)C. The molecule has 1 amide bonds. The number of benzene rings is 1. The fourth-order valence-corrected chi connectivity index (χ4v) is 1.74. The van der Waals surface area contributed by atoms with Gasteiger partial charge in [0.05, 0.1) is 13.7 Å². The fourth-order valence-electron chi connectivity index (χ4n) is 1.74. The van der Waals surface area contributed by atoms with Gasteiger partial charge >= 0.3 is 0 Å². The van der Waals surface area contributed by atoms with Crippen LogP contribution < -0.4 is 10.1 Å². The van der Waals surface area contributed by atoms with E-state index < -0.39 is 0 Å². The molecule has 0 heterocycles. The molecular weight excluding hydrogens is 230 g/mol. The Labute approximate surface area is 108 Å². The largest absolute Gasteiger partial charge is 0.496 e. The molecule has 1 rings (SSSR count). The summed E-state index contributed by atoms with van der Waals surface area (Å²) < 4.78 is 5.31. The number of hydrogen-bond acceptors (Lipinski definition) is 3. The van der Waals surface area contributed by atoms with Crippen molar-refractivity contribution in [2.45, 2.75) is 32.7 Å². The standard InChI is InChI=1S/C14H21NO3/c1-10(2)12-8-11(4-5-13(12)18-3)9-15-14(17)6-7-16/h4-5,8,10,16H,6-7,9H2,1-3H3,(H,15,17). The summed E-state index contributed by atoms with van der Waals surface area (Å²) in [6.45, 7) is 4.56. The van der Waals surface area contributed by atoms with Gasteiger partial charge in [0.2, 0.25) is 5.91 Å². The molecule has 0 aromatic heterocycles. The highest BCUT2D eigenvalue weighted by molar-refractivity contribution is 5.75. The van der Waals surface area contributed by atoms with Gasteiger partial charge in [-0.2, -0.15) is 0 Å². The van der Waals surface area contributed by atoms with Crippen LogP contribution in [0.15, 0.2) is 18.2 Å². The monoisotopic (exact) mass is 251 g/mol. The minimum Gasteiger partial charge on any atom is -0.496 e. The van der Waals surface area contributed by atoms with E-state index in [-0.39, 0.29) is 18.9 Å². The molecule has 4 heteroatoms. The molecule has 0 unspecified atom stereocenters. The van der Waals surface area contributed by atoms with Gasteiger partial charge in [0, 0.05) is 13.0 Å². The Kier molecular flexibility index (Phi) is 5.65. The maximum Gasteiger partial charge on any atom is 0.222 e. The van der Waals surface area contributed by atoms with Crippen LogP contribution >= 0.6 is 0 Å². The summed E-state index contributed by atoms with van der Waals surface area (Å²) in [5.74, 6) is 1.10. The van der Waals surface area contributed by atoms with E-state index in [1.807, 2.05) is 18.2 Å². The summed E-state index contributed by atoms with van der Waals surface area (Å²) >= 11 is 0. The number of hydrogen-bond donors (Lipinski definition) is 2. The smallest absolute Gasteiger partial charge is 0.222 e. The second-order valence-electron chi connectivity index (χ2n) is 4.48. The Morgan fingerprint density at radius 1 is 1.44 bits per heavy atom. The summed E-state index contributed by atoms with van der Waals surface area (Å²) in [6.07, 6.45) is 0.146. The summed E-state index contributed by atoms with van der Waals surface area (Å²) in [6, 6.07) is 5.90. The third kappa shape index (κ3) is 4.04. The van der Waals surface area contributed by atoms with Crippen molar-refractivity contribution in [1.82, 2.24) is 5.32 Å². The Morgan fingerprint density at radius 3 is 2.72 bits per heavy atom. The van der Waals surface area contributed by atoms with Crippen LogP contribution in [0.5, 0.6) is 5.75 Å². The first kappa shape index (κ1) is 14.5. The van der Waals surface area contributed by atoms with E-state index in [4.69, 9.17) is 9.84 Å². The Hall–Kier alpha value is -1.55. The van der Waals surface area contributed by atoms with Crippen LogP contribution in [-0.2, 0) is 11.3 Å². The van der Waals surface area contributed by atoms with Crippen LogP contribution in [0.3, 0.4) is 0 Å². The highest BCUT2D eigenvalue weighted by Crippen LogP contribution is 2.27. The first-order valence-electron chi connectivity index (χ1n) is 6.12. The molecule has 0 bridgehead atoms. The molecule has 1 aromatic rings. The molecule has 0 aliphatic heterocycles. The van der Waals surface area contributed by atoms with Crippen molar-refractivity contribution in [3.8, 4) is 5.75 Å². The first-order valence-corrected chi connectivity index (χ1v) is 6.12. The number of aliphatic hydroxyl groups excluding tert-OH is 1. The second-order valence-corrected chi connectivity index (χ2v) is 4.48. The topological polar surface area (TPSA) is 58.6 Å². The normalized spacial score (nSPS) is 10.5. The maximum atomic E-state index is 11.3. The number of aliphatic hydroxyl groups is 1. The highest BCUT2D eigenvalue weighted by atomic mass is 16.5. The Balaban J connectivity index is 2.73. The van der Waals surface area contributed by atoms with E-state index in [1.54, 1.807) is 7.11 Å². The van der Waals surface area contributed by atoms with Crippen LogP contribution in [0, 0.1) is 0 Å². The second kappa shape index (κ2) is 7.01. The van der Waals surface area contributed by atoms with Crippen molar-refractivity contribution >= 4 is 5.91 Å². The molecule has 100 valence electrons. The van der Waals surface area contributed by atoms with E-state index in [0.717, 1.165) is 16.9 Å². The number of methoxy groups -OCH3 is 1. The van der Waals surface area contributed by atoms with Crippen LogP contribution in [0.25, 0.3) is 0 Å². The zero-order chi connectivity index (χ0) is 13.5. The van der Waals surface area contributed by atoms with Crippen molar-refractivity contribution in [3.63, 3.8) is 0 Å². The number of nitrogens with one attached hydrogen (secondary N) is 1. The molecule has 0 atom stereocenters. The number of rotatable bonds is 6. The summed E-state index contributed by atoms with van der Waals surface area (Å²) in [4.78, 5) is 11.3. The molecular formula is C14H21NO3. The van der Waals surface area contributed by atoms with Gasteiger partial charge in [-0.25, -0.2) is 0 Å². The lowest BCUT2D eigenvalue weighted by Gasteiger charge is -2.14. The highest BCUT2D eigenvalue weighted by Gasteiger charge is 2.08. The van der Waals surface area contributed by atoms with Gasteiger partial charge in [0.25, 0.3) is 0 Å². The zero-order valence-corrected chi connectivity index (χ0v) is 11.2. The summed E-state index contributed by atoms with van der Waals surface area (Å²) in [7, 11) is 1.66. The van der Waals surface area contributed by atoms with Crippen molar-refractivity contribution < 1.29 is 14.6 Å². The lowest BCUT2D eigenvalue weighted by molar-refractivity contribution is -0.121. The lowest BCUT2D eigenvalue weighted by Crippen LogP contribution is -2.23. The van der Waals surface area contributed by atoms with E-state index in [1.165, 1.54) is 0 Å². The maximum absolute atomic E-state index is 11.3. The molecule has 4 nitrogen and oxygen atoms in total. The first-order chi connectivity index (χ1) is 8.58. The molecule has 0 aliphatic carbocycles. The fraction of sp³-hybridized carbons (Fsp3) is 0.500. The van der Waals surface area contributed by atoms with Crippen LogP contribution in [0.2, 0.25) is 0 Å². The minimum atomic E-state index is -0.139. The predicted molar refractivity (Wildman–Crippen MR) is 70.6 cm³/mol. The van der Waals surface area contributed by atoms with Crippen LogP contribution in [-0.4, -0.2) is 24.7 Å². The van der Waals surface area contributed by atoms with E-state index in [9.17, 15) is 4.79 Å². The Bertz CT molecular complexity index is 402. The van der Waals surface area contributed by atoms with Crippen LogP contribution in [0.4, 0.5) is 0 Å². The summed E-state index contributed by atoms with van der Waals surface area (Å²) in [5.41, 5.74) is 2.16. The van der Waals surface area contributed by atoms with E-state index >= 15 is 0 Å². The van der Waals surface area contributed by atoms with Gasteiger partial charge in [-0.1, -0.05) is 26.0 Å². The third-order valence-electron chi connectivity index (χ3n) is 2.74. The quantitative estimate of drug-likeness (QED) is 0.810. The number of ether oxygens (including phenoxy) is 1. The molecule has 1 aromatic carbocycles. The van der Waals surface area contributed by atoms with Gasteiger partial charge in [-0.05, 0) is 23.1 Å². The van der Waals surface area contributed by atoms with E-state index in [0.29, 0.717) is 12.5 Å². The van der Waals surface area contributed by atoms with Crippen molar-refractivity contribution in [2.75, 3.05) is 13.7 Å². The molecule has 18 heavy (non-hydrogen) atoms. The van der Waals surface area contributed by atoms with Crippen molar-refractivity contribution in [3.05, 3.63) is 29.3 Å². The third-order valence-corrected chi connectivity index (χ3v) is 2.74. The predicted octanol–water partition coefficient (Wildman–Crippen LogP) is 1.82. The zero-order valence-electron chi connectivity index (χ0n) is 11.2. The molecule has 0 saturated carbocycles. The lowest BCUT2D eigenvalue weighted by atomic mass is 9.99. The number of amides is 1. The molecule has 0 saturated heterocycles.